The predicted molar refractivity (Wildman–Crippen MR) is 77.2 cm³/mol. The van der Waals surface area contributed by atoms with Crippen LogP contribution in [0.3, 0.4) is 0 Å². The second-order valence-electron chi connectivity index (χ2n) is 5.03. The smallest absolute Gasteiger partial charge is 0.231 e. The maximum atomic E-state index is 6.28. The van der Waals surface area contributed by atoms with Crippen molar-refractivity contribution < 1.29 is 14.2 Å². The Bertz CT molecular complexity index is 733. The minimum Gasteiger partial charge on any atom is -0.493 e. The molecule has 2 aromatic rings. The summed E-state index contributed by atoms with van der Waals surface area (Å²) in [5, 5.41) is 0.545. The standard InChI is InChI=1S/C15H13ClN2O3/c1-19-11-5-8(6-12-13(11)21-7-20-12)15-17-10-4-2-3-9(10)14(16)18-15/h5-6H,2-4,7H2,1H3. The van der Waals surface area contributed by atoms with Gasteiger partial charge in [0.1, 0.15) is 5.15 Å². The fraction of sp³-hybridized carbons (Fsp3) is 0.333. The van der Waals surface area contributed by atoms with Crippen LogP contribution in [0.2, 0.25) is 5.15 Å². The molecular formula is C15H13ClN2O3. The maximum absolute atomic E-state index is 6.28. The molecule has 0 saturated carbocycles. The minimum atomic E-state index is 0.195. The molecule has 4 rings (SSSR count). The molecule has 0 atom stereocenters. The lowest BCUT2D eigenvalue weighted by Gasteiger charge is -2.09. The van der Waals surface area contributed by atoms with Crippen molar-refractivity contribution in [3.05, 3.63) is 28.5 Å². The Morgan fingerprint density at radius 2 is 2.10 bits per heavy atom. The van der Waals surface area contributed by atoms with Crippen LogP contribution in [0.25, 0.3) is 11.4 Å². The van der Waals surface area contributed by atoms with Gasteiger partial charge in [0, 0.05) is 16.8 Å². The van der Waals surface area contributed by atoms with E-state index in [9.17, 15) is 0 Å². The van der Waals surface area contributed by atoms with Crippen LogP contribution in [0.4, 0.5) is 0 Å². The summed E-state index contributed by atoms with van der Waals surface area (Å²) in [6, 6.07) is 3.71. The fourth-order valence-electron chi connectivity index (χ4n) is 2.77. The first-order valence-electron chi connectivity index (χ1n) is 6.79. The van der Waals surface area contributed by atoms with Crippen molar-refractivity contribution in [3.8, 4) is 28.6 Å². The second kappa shape index (κ2) is 4.77. The van der Waals surface area contributed by atoms with E-state index in [-0.39, 0.29) is 6.79 Å². The van der Waals surface area contributed by atoms with E-state index in [1.165, 1.54) is 0 Å². The predicted octanol–water partition coefficient (Wildman–Crippen LogP) is 3.02. The van der Waals surface area contributed by atoms with E-state index in [4.69, 9.17) is 25.8 Å². The Labute approximate surface area is 126 Å². The van der Waals surface area contributed by atoms with Gasteiger partial charge in [-0.25, -0.2) is 9.97 Å². The van der Waals surface area contributed by atoms with Crippen LogP contribution in [0.1, 0.15) is 17.7 Å². The zero-order valence-corrected chi connectivity index (χ0v) is 12.2. The number of fused-ring (bicyclic) bond motifs is 2. The number of aryl methyl sites for hydroxylation is 1. The molecule has 0 bridgehead atoms. The molecule has 6 heteroatoms. The van der Waals surface area contributed by atoms with Crippen molar-refractivity contribution in [3.63, 3.8) is 0 Å². The molecule has 0 amide bonds. The Balaban J connectivity index is 1.86. The van der Waals surface area contributed by atoms with Crippen molar-refractivity contribution in [2.24, 2.45) is 0 Å². The molecular weight excluding hydrogens is 292 g/mol. The molecule has 0 fully saturated rings. The van der Waals surface area contributed by atoms with Crippen LogP contribution in [0.15, 0.2) is 12.1 Å². The first-order valence-corrected chi connectivity index (χ1v) is 7.17. The average molecular weight is 305 g/mol. The van der Waals surface area contributed by atoms with E-state index < -0.39 is 0 Å². The van der Waals surface area contributed by atoms with Crippen molar-refractivity contribution in [1.82, 2.24) is 9.97 Å². The minimum absolute atomic E-state index is 0.195. The Hall–Kier alpha value is -2.01. The number of hydrogen-bond acceptors (Lipinski definition) is 5. The lowest BCUT2D eigenvalue weighted by atomic mass is 10.1. The van der Waals surface area contributed by atoms with Gasteiger partial charge >= 0.3 is 0 Å². The van der Waals surface area contributed by atoms with Gasteiger partial charge < -0.3 is 14.2 Å². The van der Waals surface area contributed by atoms with E-state index in [1.807, 2.05) is 12.1 Å². The highest BCUT2D eigenvalue weighted by Crippen LogP contribution is 2.44. The number of rotatable bonds is 2. The summed E-state index contributed by atoms with van der Waals surface area (Å²) in [7, 11) is 1.59. The molecule has 21 heavy (non-hydrogen) atoms. The molecule has 2 heterocycles. The lowest BCUT2D eigenvalue weighted by molar-refractivity contribution is 0.171. The van der Waals surface area contributed by atoms with Gasteiger partial charge in [-0.05, 0) is 31.4 Å². The van der Waals surface area contributed by atoms with Gasteiger partial charge in [-0.1, -0.05) is 11.6 Å². The molecule has 1 aliphatic carbocycles. The normalized spacial score (nSPS) is 15.1. The Kier molecular flexibility index (Phi) is 2.89. The van der Waals surface area contributed by atoms with Crippen molar-refractivity contribution in [2.45, 2.75) is 19.3 Å². The fourth-order valence-corrected chi connectivity index (χ4v) is 3.06. The zero-order chi connectivity index (χ0) is 14.4. The van der Waals surface area contributed by atoms with Crippen LogP contribution in [-0.2, 0) is 12.8 Å². The molecule has 0 N–H and O–H groups in total. The molecule has 108 valence electrons. The molecule has 2 aliphatic rings. The molecule has 0 saturated heterocycles. The molecule has 0 spiro atoms. The largest absolute Gasteiger partial charge is 0.493 e. The van der Waals surface area contributed by atoms with Crippen molar-refractivity contribution in [2.75, 3.05) is 13.9 Å². The highest BCUT2D eigenvalue weighted by atomic mass is 35.5. The summed E-state index contributed by atoms with van der Waals surface area (Å²) in [5.74, 6) is 2.47. The van der Waals surface area contributed by atoms with Crippen LogP contribution in [0.5, 0.6) is 17.2 Å². The third-order valence-corrected chi connectivity index (χ3v) is 4.11. The Morgan fingerprint density at radius 1 is 1.19 bits per heavy atom. The summed E-state index contributed by atoms with van der Waals surface area (Å²) >= 11 is 6.28. The highest BCUT2D eigenvalue weighted by Gasteiger charge is 2.23. The summed E-state index contributed by atoms with van der Waals surface area (Å²) < 4.78 is 16.2. The van der Waals surface area contributed by atoms with Crippen LogP contribution in [0, 0.1) is 0 Å². The SMILES string of the molecule is COc1cc(-c2nc(Cl)c3c(n2)CCC3)cc2c1OCO2. The van der Waals surface area contributed by atoms with Gasteiger partial charge in [-0.3, -0.25) is 0 Å². The maximum Gasteiger partial charge on any atom is 0.231 e. The summed E-state index contributed by atoms with van der Waals surface area (Å²) in [6.07, 6.45) is 2.99. The van der Waals surface area contributed by atoms with E-state index >= 15 is 0 Å². The van der Waals surface area contributed by atoms with Gasteiger partial charge in [0.15, 0.2) is 17.3 Å². The van der Waals surface area contributed by atoms with Crippen molar-refractivity contribution in [1.29, 1.82) is 0 Å². The van der Waals surface area contributed by atoms with Gasteiger partial charge in [0.2, 0.25) is 12.5 Å². The number of benzene rings is 1. The van der Waals surface area contributed by atoms with E-state index in [2.05, 4.69) is 9.97 Å². The monoisotopic (exact) mass is 304 g/mol. The third-order valence-electron chi connectivity index (χ3n) is 3.80. The topological polar surface area (TPSA) is 53.5 Å². The third kappa shape index (κ3) is 2.00. The van der Waals surface area contributed by atoms with E-state index in [0.29, 0.717) is 28.2 Å². The summed E-state index contributed by atoms with van der Waals surface area (Å²) in [5.41, 5.74) is 2.93. The number of methoxy groups -OCH3 is 1. The van der Waals surface area contributed by atoms with Crippen molar-refractivity contribution >= 4 is 11.6 Å². The van der Waals surface area contributed by atoms with E-state index in [0.717, 1.165) is 36.1 Å². The van der Waals surface area contributed by atoms with Gasteiger partial charge in [-0.2, -0.15) is 0 Å². The first kappa shape index (κ1) is 12.7. The zero-order valence-electron chi connectivity index (χ0n) is 11.5. The number of ether oxygens (including phenoxy) is 3. The second-order valence-corrected chi connectivity index (χ2v) is 5.39. The number of aromatic nitrogens is 2. The molecule has 1 aromatic carbocycles. The van der Waals surface area contributed by atoms with E-state index in [1.54, 1.807) is 7.11 Å². The Morgan fingerprint density at radius 3 is 2.95 bits per heavy atom. The highest BCUT2D eigenvalue weighted by molar-refractivity contribution is 6.30. The number of halogens is 1. The average Bonchev–Trinajstić information content (AvgIpc) is 3.14. The number of nitrogens with zero attached hydrogens (tertiary/aromatic N) is 2. The van der Waals surface area contributed by atoms with Gasteiger partial charge in [0.25, 0.3) is 0 Å². The summed E-state index contributed by atoms with van der Waals surface area (Å²) in [6.45, 7) is 0.195. The molecule has 0 unspecified atom stereocenters. The van der Waals surface area contributed by atoms with Gasteiger partial charge in [-0.15, -0.1) is 0 Å². The lowest BCUT2D eigenvalue weighted by Crippen LogP contribution is -1.98. The molecule has 1 aromatic heterocycles. The van der Waals surface area contributed by atoms with Crippen LogP contribution >= 0.6 is 11.6 Å². The van der Waals surface area contributed by atoms with Crippen LogP contribution < -0.4 is 14.2 Å². The molecule has 5 nitrogen and oxygen atoms in total. The first-order chi connectivity index (χ1) is 10.3. The van der Waals surface area contributed by atoms with Crippen LogP contribution in [-0.4, -0.2) is 23.9 Å². The molecule has 1 aliphatic heterocycles. The van der Waals surface area contributed by atoms with Gasteiger partial charge in [0.05, 0.1) is 7.11 Å². The summed E-state index contributed by atoms with van der Waals surface area (Å²) in [4.78, 5) is 9.06. The number of hydrogen-bond donors (Lipinski definition) is 0. The quantitative estimate of drug-likeness (QED) is 0.798. The molecule has 0 radical (unpaired) electrons.